The highest BCUT2D eigenvalue weighted by atomic mass is 127. The molecular weight excluding hydrogens is 796 g/mol. The molecule has 1 aliphatic heterocycles. The highest BCUT2D eigenvalue weighted by Crippen LogP contribution is 2.35. The average Bonchev–Trinajstić information content (AvgIpc) is 2.36. The predicted molar refractivity (Wildman–Crippen MR) is 111 cm³/mol. The molecule has 8 nitrogen and oxygen atoms in total. The summed E-state index contributed by atoms with van der Waals surface area (Å²) < 4.78 is 45.4. The second-order valence-corrected chi connectivity index (χ2v) is 20.2. The second kappa shape index (κ2) is 8.23. The van der Waals surface area contributed by atoms with E-state index in [2.05, 4.69) is 0 Å². The van der Waals surface area contributed by atoms with Gasteiger partial charge < -0.3 is 27.5 Å². The molecule has 1 aliphatic rings. The molecule has 0 aliphatic carbocycles. The Labute approximate surface area is 178 Å². The molecule has 0 aromatic heterocycles. The van der Waals surface area contributed by atoms with Crippen molar-refractivity contribution in [3.8, 4) is 0 Å². The number of hydrogen-bond acceptors (Lipinski definition) is 8. The minimum atomic E-state index is -3.02. The van der Waals surface area contributed by atoms with E-state index in [1.54, 1.807) is 118 Å². The van der Waals surface area contributed by atoms with Gasteiger partial charge in [-0.05, 0) is 0 Å². The van der Waals surface area contributed by atoms with Crippen LogP contribution >= 0.6 is 92.0 Å². The largest absolute Gasteiger partial charge is 0.492 e. The Hall–Kier alpha value is 3.47. The zero-order valence-electron chi connectivity index (χ0n) is 10.8. The lowest BCUT2D eigenvalue weighted by Crippen LogP contribution is -2.68. The Kier molecular flexibility index (Phi) is 8.85. The molecule has 0 aromatic rings. The van der Waals surface area contributed by atoms with Crippen LogP contribution in [0.1, 0.15) is 0 Å². The fraction of sp³-hybridized carbons (Fsp3) is 1.00. The summed E-state index contributed by atoms with van der Waals surface area (Å²) in [7, 11) is -12.1. The maximum absolute atomic E-state index is 5.96. The maximum Gasteiger partial charge on any atom is 0.492 e. The monoisotopic (exact) mass is 808 g/mol. The Bertz CT molecular complexity index is 278. The number of halogens is 4. The molecule has 0 N–H and O–H groups in total. The van der Waals surface area contributed by atoms with Gasteiger partial charge in [-0.15, -0.1) is 0 Å². The fourth-order valence-corrected chi connectivity index (χ4v) is 22.0. The van der Waals surface area contributed by atoms with E-state index in [4.69, 9.17) is 27.5 Å². The van der Waals surface area contributed by atoms with Crippen LogP contribution in [-0.2, 0) is 27.5 Å². The highest BCUT2D eigenvalue weighted by molar-refractivity contribution is 14.1. The lowest BCUT2D eigenvalue weighted by molar-refractivity contribution is 0.122. The van der Waals surface area contributed by atoms with Gasteiger partial charge in [-0.1, -0.05) is 0 Å². The van der Waals surface area contributed by atoms with Crippen LogP contribution in [0, 0.1) is 0 Å². The highest BCUT2D eigenvalue weighted by Gasteiger charge is 2.62. The SMILES string of the molecule is C[Si]1(OI)O[Si](C)(OI)O[Si](C)(OI)O[Si](C)(OI)O1. The standard InChI is InChI=1S/C4H12I4O8Si4/c1-17(9-5)13-18(2,10-6)15-20(4,12-8)16-19(3,11-7)14-17/h1-4H3. The molecule has 1 saturated heterocycles. The molecule has 20 heavy (non-hydrogen) atoms. The quantitative estimate of drug-likeness (QED) is 0.314. The molecule has 1 fully saturated rings. The van der Waals surface area contributed by atoms with Gasteiger partial charge in [-0.2, -0.15) is 0 Å². The van der Waals surface area contributed by atoms with Crippen molar-refractivity contribution in [1.29, 1.82) is 0 Å². The molecule has 0 aromatic carbocycles. The minimum absolute atomic E-state index is 1.74. The molecule has 0 radical (unpaired) electrons. The molecule has 1 rings (SSSR count). The zero-order chi connectivity index (χ0) is 15.7. The van der Waals surface area contributed by atoms with E-state index in [-0.39, 0.29) is 0 Å². The number of rotatable bonds is 4. The maximum atomic E-state index is 5.96. The van der Waals surface area contributed by atoms with Crippen LogP contribution in [0.4, 0.5) is 0 Å². The van der Waals surface area contributed by atoms with Crippen LogP contribution in [-0.4, -0.2) is 35.2 Å². The summed E-state index contributed by atoms with van der Waals surface area (Å²) in [5.74, 6) is 0. The number of hydrogen-bond donors (Lipinski definition) is 0. The molecule has 0 saturated carbocycles. The van der Waals surface area contributed by atoms with Crippen molar-refractivity contribution in [3.05, 3.63) is 0 Å². The molecule has 0 amide bonds. The van der Waals surface area contributed by atoms with Crippen molar-refractivity contribution in [2.45, 2.75) is 26.2 Å². The van der Waals surface area contributed by atoms with Crippen LogP contribution in [0.25, 0.3) is 0 Å². The summed E-state index contributed by atoms with van der Waals surface area (Å²) in [4.78, 5) is 0. The van der Waals surface area contributed by atoms with Gasteiger partial charge in [0.25, 0.3) is 0 Å². The predicted octanol–water partition coefficient (Wildman–Crippen LogP) is 3.81. The third-order valence-electron chi connectivity index (χ3n) is 2.04. The first kappa shape index (κ1) is 21.5. The van der Waals surface area contributed by atoms with Crippen molar-refractivity contribution in [3.63, 3.8) is 0 Å². The van der Waals surface area contributed by atoms with Gasteiger partial charge in [0.2, 0.25) is 0 Å². The molecule has 0 spiro atoms. The van der Waals surface area contributed by atoms with Gasteiger partial charge in [0.1, 0.15) is 92.0 Å². The lowest BCUT2D eigenvalue weighted by atomic mass is 11.9. The fourth-order valence-electron chi connectivity index (χ4n) is 1.56. The first-order chi connectivity index (χ1) is 9.07. The molecule has 16 heteroatoms. The van der Waals surface area contributed by atoms with Crippen molar-refractivity contribution < 1.29 is 27.5 Å². The third-order valence-corrected chi connectivity index (χ3v) is 24.6. The van der Waals surface area contributed by atoms with Gasteiger partial charge in [-0.3, -0.25) is 0 Å². The second-order valence-electron chi connectivity index (χ2n) is 4.17. The Morgan fingerprint density at radius 3 is 0.750 bits per heavy atom. The average molecular weight is 808 g/mol. The molecule has 1 heterocycles. The summed E-state index contributed by atoms with van der Waals surface area (Å²) in [6, 6.07) is 0. The van der Waals surface area contributed by atoms with E-state index in [1.165, 1.54) is 0 Å². The Morgan fingerprint density at radius 2 is 0.650 bits per heavy atom. The molecule has 120 valence electrons. The van der Waals surface area contributed by atoms with Crippen molar-refractivity contribution >= 4 is 127 Å². The normalized spacial score (nSPS) is 46.8. The summed E-state index contributed by atoms with van der Waals surface area (Å²) in [6.07, 6.45) is 0. The lowest BCUT2D eigenvalue weighted by Gasteiger charge is -2.43. The first-order valence-electron chi connectivity index (χ1n) is 5.07. The Balaban J connectivity index is 3.18. The minimum Gasteiger partial charge on any atom is -0.372 e. The van der Waals surface area contributed by atoms with E-state index in [0.29, 0.717) is 0 Å². The third kappa shape index (κ3) is 5.77. The van der Waals surface area contributed by atoms with Crippen molar-refractivity contribution in [2.24, 2.45) is 0 Å². The summed E-state index contributed by atoms with van der Waals surface area (Å²) >= 11 is 6.98. The summed E-state index contributed by atoms with van der Waals surface area (Å²) in [6.45, 7) is 6.96. The van der Waals surface area contributed by atoms with Crippen LogP contribution in [0.15, 0.2) is 0 Å². The summed E-state index contributed by atoms with van der Waals surface area (Å²) in [5, 5.41) is 0. The summed E-state index contributed by atoms with van der Waals surface area (Å²) in [5.41, 5.74) is 0. The van der Waals surface area contributed by atoms with Gasteiger partial charge in [0, 0.05) is 26.2 Å². The van der Waals surface area contributed by atoms with E-state index >= 15 is 0 Å². The smallest absolute Gasteiger partial charge is 0.372 e. The van der Waals surface area contributed by atoms with Gasteiger partial charge in [0.05, 0.1) is 0 Å². The van der Waals surface area contributed by atoms with E-state index in [1.807, 2.05) is 0 Å². The topological polar surface area (TPSA) is 73.8 Å². The molecular formula is C4H12I4O8Si4. The molecule has 0 atom stereocenters. The van der Waals surface area contributed by atoms with Crippen LogP contribution in [0.3, 0.4) is 0 Å². The molecule has 0 unspecified atom stereocenters. The first-order valence-corrected chi connectivity index (χ1v) is 17.5. The van der Waals surface area contributed by atoms with E-state index < -0.39 is 35.2 Å². The van der Waals surface area contributed by atoms with Gasteiger partial charge in [-0.25, -0.2) is 0 Å². The van der Waals surface area contributed by atoms with Crippen LogP contribution in [0.5, 0.6) is 0 Å². The molecule has 0 bridgehead atoms. The zero-order valence-corrected chi connectivity index (χ0v) is 23.4. The van der Waals surface area contributed by atoms with Gasteiger partial charge in [0.15, 0.2) is 0 Å². The van der Waals surface area contributed by atoms with Crippen LogP contribution in [0.2, 0.25) is 26.2 Å². The Morgan fingerprint density at radius 1 is 0.500 bits per heavy atom. The van der Waals surface area contributed by atoms with Gasteiger partial charge >= 0.3 is 35.2 Å². The van der Waals surface area contributed by atoms with Crippen molar-refractivity contribution in [2.75, 3.05) is 0 Å². The van der Waals surface area contributed by atoms with E-state index in [0.717, 1.165) is 0 Å². The van der Waals surface area contributed by atoms with E-state index in [9.17, 15) is 0 Å². The van der Waals surface area contributed by atoms with Crippen molar-refractivity contribution in [1.82, 2.24) is 0 Å². The van der Waals surface area contributed by atoms with Crippen LogP contribution < -0.4 is 0 Å².